The Balaban J connectivity index is 2.65. The van der Waals surface area contributed by atoms with Gasteiger partial charge in [0.25, 0.3) is 0 Å². The minimum atomic E-state index is -0.959. The molecule has 2 aromatic carbocycles. The van der Waals surface area contributed by atoms with Crippen LogP contribution in [-0.4, -0.2) is 16.2 Å². The van der Waals surface area contributed by atoms with Crippen molar-refractivity contribution in [2.24, 2.45) is 0 Å². The number of phenols is 1. The lowest BCUT2D eigenvalue weighted by Crippen LogP contribution is -2.00. The molecule has 17 heavy (non-hydrogen) atoms. The first-order valence-electron chi connectivity index (χ1n) is 5.22. The third kappa shape index (κ3) is 1.99. The molecule has 0 aliphatic carbocycles. The molecule has 0 saturated carbocycles. The van der Waals surface area contributed by atoms with Crippen LogP contribution in [0.3, 0.4) is 0 Å². The molecule has 3 heteroatoms. The highest BCUT2D eigenvalue weighted by atomic mass is 16.4. The maximum Gasteiger partial charge on any atom is 0.335 e. The van der Waals surface area contributed by atoms with Gasteiger partial charge in [0.15, 0.2) is 0 Å². The van der Waals surface area contributed by atoms with Crippen LogP contribution in [0.15, 0.2) is 42.5 Å². The van der Waals surface area contributed by atoms with Gasteiger partial charge in [-0.25, -0.2) is 4.79 Å². The summed E-state index contributed by atoms with van der Waals surface area (Å²) in [6.45, 7) is 1.74. The summed E-state index contributed by atoms with van der Waals surface area (Å²) >= 11 is 0. The Morgan fingerprint density at radius 3 is 2.29 bits per heavy atom. The highest BCUT2D eigenvalue weighted by Gasteiger charge is 2.12. The lowest BCUT2D eigenvalue weighted by Gasteiger charge is -2.10. The summed E-state index contributed by atoms with van der Waals surface area (Å²) in [7, 11) is 0. The monoisotopic (exact) mass is 228 g/mol. The number of hydrogen-bond donors (Lipinski definition) is 2. The van der Waals surface area contributed by atoms with E-state index < -0.39 is 5.97 Å². The van der Waals surface area contributed by atoms with Crippen LogP contribution in [0.4, 0.5) is 0 Å². The third-order valence-corrected chi connectivity index (χ3v) is 2.76. The summed E-state index contributed by atoms with van der Waals surface area (Å²) in [6.07, 6.45) is 0. The summed E-state index contributed by atoms with van der Waals surface area (Å²) < 4.78 is 0. The highest BCUT2D eigenvalue weighted by Crippen LogP contribution is 2.32. The quantitative estimate of drug-likeness (QED) is 0.830. The maximum absolute atomic E-state index is 11.0. The zero-order valence-corrected chi connectivity index (χ0v) is 9.34. The van der Waals surface area contributed by atoms with Gasteiger partial charge in [-0.2, -0.15) is 0 Å². The van der Waals surface area contributed by atoms with Gasteiger partial charge in [-0.05, 0) is 30.2 Å². The first kappa shape index (κ1) is 11.2. The minimum absolute atomic E-state index is 0.151. The van der Waals surface area contributed by atoms with Gasteiger partial charge in [-0.15, -0.1) is 0 Å². The van der Waals surface area contributed by atoms with Crippen molar-refractivity contribution in [1.29, 1.82) is 0 Å². The summed E-state index contributed by atoms with van der Waals surface area (Å²) in [4.78, 5) is 11.0. The van der Waals surface area contributed by atoms with E-state index in [2.05, 4.69) is 0 Å². The lowest BCUT2D eigenvalue weighted by atomic mass is 9.96. The van der Waals surface area contributed by atoms with Crippen molar-refractivity contribution in [3.63, 3.8) is 0 Å². The molecular weight excluding hydrogens is 216 g/mol. The molecule has 0 spiro atoms. The fourth-order valence-corrected chi connectivity index (χ4v) is 1.86. The van der Waals surface area contributed by atoms with E-state index in [-0.39, 0.29) is 11.3 Å². The topological polar surface area (TPSA) is 57.5 Å². The first-order valence-corrected chi connectivity index (χ1v) is 5.22. The fraction of sp³-hybridized carbons (Fsp3) is 0.0714. The van der Waals surface area contributed by atoms with E-state index in [0.29, 0.717) is 11.1 Å². The van der Waals surface area contributed by atoms with Crippen LogP contribution in [-0.2, 0) is 0 Å². The molecule has 86 valence electrons. The van der Waals surface area contributed by atoms with Crippen molar-refractivity contribution in [3.8, 4) is 16.9 Å². The summed E-state index contributed by atoms with van der Waals surface area (Å²) in [5.41, 5.74) is 2.29. The smallest absolute Gasteiger partial charge is 0.335 e. The molecule has 2 aromatic rings. The molecule has 0 amide bonds. The summed E-state index contributed by atoms with van der Waals surface area (Å²) in [6, 6.07) is 11.9. The lowest BCUT2D eigenvalue weighted by molar-refractivity contribution is 0.0696. The molecule has 0 aliphatic heterocycles. The average Bonchev–Trinajstić information content (AvgIpc) is 2.30. The van der Waals surface area contributed by atoms with E-state index in [1.165, 1.54) is 0 Å². The molecule has 0 radical (unpaired) electrons. The molecule has 0 saturated heterocycles. The van der Waals surface area contributed by atoms with E-state index in [4.69, 9.17) is 5.11 Å². The SMILES string of the molecule is Cc1c(C(=O)O)cccc1-c1ccccc1O. The van der Waals surface area contributed by atoms with Crippen molar-refractivity contribution in [2.45, 2.75) is 6.92 Å². The molecule has 0 aromatic heterocycles. The number of carbonyl (C=O) groups is 1. The Morgan fingerprint density at radius 2 is 1.65 bits per heavy atom. The van der Waals surface area contributed by atoms with Gasteiger partial charge in [0.05, 0.1) is 5.56 Å². The number of benzene rings is 2. The van der Waals surface area contributed by atoms with Crippen molar-refractivity contribution in [2.75, 3.05) is 0 Å². The van der Waals surface area contributed by atoms with E-state index in [1.54, 1.807) is 43.3 Å². The van der Waals surface area contributed by atoms with Crippen molar-refractivity contribution in [1.82, 2.24) is 0 Å². The van der Waals surface area contributed by atoms with Gasteiger partial charge in [0.2, 0.25) is 0 Å². The Bertz CT molecular complexity index is 573. The van der Waals surface area contributed by atoms with Crippen LogP contribution in [0, 0.1) is 6.92 Å². The number of phenolic OH excluding ortho intramolecular Hbond substituents is 1. The number of carboxylic acids is 1. The van der Waals surface area contributed by atoms with E-state index in [9.17, 15) is 9.90 Å². The van der Waals surface area contributed by atoms with E-state index >= 15 is 0 Å². The van der Waals surface area contributed by atoms with Crippen LogP contribution >= 0.6 is 0 Å². The molecule has 2 rings (SSSR count). The molecule has 3 nitrogen and oxygen atoms in total. The van der Waals surface area contributed by atoms with Crippen LogP contribution in [0.1, 0.15) is 15.9 Å². The van der Waals surface area contributed by atoms with Crippen LogP contribution in [0.5, 0.6) is 5.75 Å². The predicted molar refractivity (Wildman–Crippen MR) is 65.2 cm³/mol. The summed E-state index contributed by atoms with van der Waals surface area (Å²) in [5, 5.41) is 18.8. The Kier molecular flexibility index (Phi) is 2.83. The molecule has 0 heterocycles. The van der Waals surface area contributed by atoms with E-state index in [0.717, 1.165) is 5.56 Å². The number of aromatic carboxylic acids is 1. The molecule has 0 aliphatic rings. The Hall–Kier alpha value is -2.29. The van der Waals surface area contributed by atoms with Crippen LogP contribution < -0.4 is 0 Å². The second-order valence-corrected chi connectivity index (χ2v) is 3.80. The molecule has 0 bridgehead atoms. The second kappa shape index (κ2) is 4.29. The second-order valence-electron chi connectivity index (χ2n) is 3.80. The first-order chi connectivity index (χ1) is 8.11. The average molecular weight is 228 g/mol. The largest absolute Gasteiger partial charge is 0.507 e. The Labute approximate surface area is 99.0 Å². The number of hydrogen-bond acceptors (Lipinski definition) is 2. The molecule has 0 fully saturated rings. The van der Waals surface area contributed by atoms with Crippen molar-refractivity contribution >= 4 is 5.97 Å². The van der Waals surface area contributed by atoms with Gasteiger partial charge < -0.3 is 10.2 Å². The molecule has 0 unspecified atom stereocenters. The number of carboxylic acid groups (broad SMARTS) is 1. The van der Waals surface area contributed by atoms with Crippen LogP contribution in [0.25, 0.3) is 11.1 Å². The van der Waals surface area contributed by atoms with Gasteiger partial charge >= 0.3 is 5.97 Å². The van der Waals surface area contributed by atoms with Crippen molar-refractivity contribution in [3.05, 3.63) is 53.6 Å². The molecule has 2 N–H and O–H groups in total. The zero-order valence-electron chi connectivity index (χ0n) is 9.34. The summed E-state index contributed by atoms with van der Waals surface area (Å²) in [5.74, 6) is -0.807. The normalized spacial score (nSPS) is 10.2. The molecular formula is C14H12O3. The minimum Gasteiger partial charge on any atom is -0.507 e. The van der Waals surface area contributed by atoms with Crippen molar-refractivity contribution < 1.29 is 15.0 Å². The zero-order chi connectivity index (χ0) is 12.4. The number of aromatic hydroxyl groups is 1. The predicted octanol–water partition coefficient (Wildman–Crippen LogP) is 3.07. The standard InChI is InChI=1S/C14H12O3/c1-9-10(6-4-7-11(9)14(16)17)12-5-2-3-8-13(12)15/h2-8,15H,1H3,(H,16,17). The van der Waals surface area contributed by atoms with Gasteiger partial charge in [-0.1, -0.05) is 30.3 Å². The van der Waals surface area contributed by atoms with Crippen LogP contribution in [0.2, 0.25) is 0 Å². The van der Waals surface area contributed by atoms with Gasteiger partial charge in [0.1, 0.15) is 5.75 Å². The molecule has 0 atom stereocenters. The number of para-hydroxylation sites is 1. The fourth-order valence-electron chi connectivity index (χ4n) is 1.86. The van der Waals surface area contributed by atoms with Gasteiger partial charge in [-0.3, -0.25) is 0 Å². The van der Waals surface area contributed by atoms with E-state index in [1.807, 2.05) is 6.07 Å². The van der Waals surface area contributed by atoms with Gasteiger partial charge in [0, 0.05) is 5.56 Å². The number of rotatable bonds is 2. The Morgan fingerprint density at radius 1 is 1.00 bits per heavy atom. The maximum atomic E-state index is 11.0. The highest BCUT2D eigenvalue weighted by molar-refractivity contribution is 5.92. The third-order valence-electron chi connectivity index (χ3n) is 2.76.